The van der Waals surface area contributed by atoms with Crippen molar-refractivity contribution < 1.29 is 36.5 Å². The first-order chi connectivity index (χ1) is 21.6. The lowest BCUT2D eigenvalue weighted by atomic mass is 9.94. The fourth-order valence-electron chi connectivity index (χ4n) is 7.25. The van der Waals surface area contributed by atoms with E-state index in [0.29, 0.717) is 29.3 Å². The van der Waals surface area contributed by atoms with Gasteiger partial charge in [0, 0.05) is 18.5 Å². The number of hydrogen-bond donors (Lipinski definition) is 1. The number of hydrogen-bond acceptors (Lipinski definition) is 8. The van der Waals surface area contributed by atoms with E-state index in [0.717, 1.165) is 13.0 Å². The van der Waals surface area contributed by atoms with E-state index in [1.165, 1.54) is 29.2 Å². The number of anilines is 1. The van der Waals surface area contributed by atoms with Crippen LogP contribution in [-0.2, 0) is 6.42 Å². The third-order valence-corrected chi connectivity index (χ3v) is 9.30. The molecule has 2 aromatic carbocycles. The number of alkyl halides is 3. The van der Waals surface area contributed by atoms with Gasteiger partial charge in [-0.2, -0.15) is 9.97 Å². The second-order valence-corrected chi connectivity index (χ2v) is 12.2. The van der Waals surface area contributed by atoms with Gasteiger partial charge in [0.1, 0.15) is 53.4 Å². The maximum Gasteiger partial charge on any atom is 0.319 e. The van der Waals surface area contributed by atoms with E-state index in [2.05, 4.69) is 15.0 Å². The number of ether oxygens (including phenoxy) is 2. The summed E-state index contributed by atoms with van der Waals surface area (Å²) in [6, 6.07) is 4.66. The van der Waals surface area contributed by atoms with Crippen molar-refractivity contribution in [2.45, 2.75) is 63.7 Å². The van der Waals surface area contributed by atoms with Crippen LogP contribution in [0.3, 0.4) is 0 Å². The van der Waals surface area contributed by atoms with Gasteiger partial charge in [0.05, 0.1) is 18.1 Å². The summed E-state index contributed by atoms with van der Waals surface area (Å²) in [7, 11) is 0. The number of phenolic OH excluding ortho intramolecular Hbond substituents is 1. The van der Waals surface area contributed by atoms with Crippen LogP contribution in [-0.4, -0.2) is 82.0 Å². The van der Waals surface area contributed by atoms with E-state index >= 15 is 4.39 Å². The fourth-order valence-corrected chi connectivity index (χ4v) is 7.25. The van der Waals surface area contributed by atoms with Crippen molar-refractivity contribution in [3.05, 3.63) is 41.5 Å². The summed E-state index contributed by atoms with van der Waals surface area (Å²) in [5.41, 5.74) is -0.682. The Hall–Kier alpha value is -4.00. The van der Waals surface area contributed by atoms with Gasteiger partial charge in [-0.05, 0) is 67.3 Å². The zero-order valence-corrected chi connectivity index (χ0v) is 24.8. The Balaban J connectivity index is 1.44. The van der Waals surface area contributed by atoms with Gasteiger partial charge in [0.25, 0.3) is 6.43 Å². The topological polar surface area (TPSA) is 83.8 Å². The van der Waals surface area contributed by atoms with Crippen molar-refractivity contribution in [2.24, 2.45) is 0 Å². The molecule has 2 saturated heterocycles. The molecule has 1 N–H and O–H groups in total. The standard InChI is InChI=1S/C32H32F5N5O3/c1-3-20-22(34)6-5-17-9-19(43)10-21(24(17)20)27-26(37)28-25-29(42(13-23(35)36)16(2)14-44-30(25)38-27)40-31(39-28)45-15-32-7-4-8-41(32)12-18(33)11-32/h5-6,9-10,16,18,23,43H,3-4,7-8,11-15H2,1-2H3/t16-,18+,32-/m0/s1. The highest BCUT2D eigenvalue weighted by Gasteiger charge is 2.49. The molecule has 0 bridgehead atoms. The Morgan fingerprint density at radius 1 is 1.16 bits per heavy atom. The molecular formula is C32H32F5N5O3. The predicted octanol–water partition coefficient (Wildman–Crippen LogP) is 6.20. The molecule has 5 heterocycles. The summed E-state index contributed by atoms with van der Waals surface area (Å²) in [6.07, 6.45) is -1.59. The smallest absolute Gasteiger partial charge is 0.319 e. The summed E-state index contributed by atoms with van der Waals surface area (Å²) in [4.78, 5) is 16.7. The molecule has 8 nitrogen and oxygen atoms in total. The first-order valence-electron chi connectivity index (χ1n) is 15.1. The highest BCUT2D eigenvalue weighted by molar-refractivity contribution is 6.03. The number of phenols is 1. The number of aromatic nitrogens is 3. The minimum Gasteiger partial charge on any atom is -0.508 e. The lowest BCUT2D eigenvalue weighted by Crippen LogP contribution is -2.43. The average molecular weight is 630 g/mol. The van der Waals surface area contributed by atoms with Crippen molar-refractivity contribution in [1.82, 2.24) is 19.9 Å². The Morgan fingerprint density at radius 2 is 1.98 bits per heavy atom. The molecule has 2 fully saturated rings. The van der Waals surface area contributed by atoms with Crippen LogP contribution in [0.15, 0.2) is 24.3 Å². The molecule has 3 atom stereocenters. The van der Waals surface area contributed by atoms with Crippen molar-refractivity contribution in [1.29, 1.82) is 0 Å². The number of aromatic hydroxyl groups is 1. The number of benzene rings is 2. The van der Waals surface area contributed by atoms with Crippen LogP contribution in [0.2, 0.25) is 0 Å². The van der Waals surface area contributed by atoms with Crippen molar-refractivity contribution in [2.75, 3.05) is 37.7 Å². The van der Waals surface area contributed by atoms with Gasteiger partial charge in [-0.1, -0.05) is 13.0 Å². The summed E-state index contributed by atoms with van der Waals surface area (Å²) in [5.74, 6) is -1.74. The van der Waals surface area contributed by atoms with Crippen LogP contribution in [0.4, 0.5) is 27.8 Å². The zero-order chi connectivity index (χ0) is 31.6. The molecule has 0 spiro atoms. The minimum absolute atomic E-state index is 0.00898. The van der Waals surface area contributed by atoms with Crippen LogP contribution in [0.25, 0.3) is 32.9 Å². The number of rotatable bonds is 7. The number of pyridine rings is 1. The van der Waals surface area contributed by atoms with Gasteiger partial charge in [-0.25, -0.2) is 26.9 Å². The monoisotopic (exact) mass is 629 g/mol. The predicted molar refractivity (Wildman–Crippen MR) is 158 cm³/mol. The molecule has 13 heteroatoms. The fraction of sp³-hybridized carbons (Fsp3) is 0.469. The van der Waals surface area contributed by atoms with Crippen LogP contribution >= 0.6 is 0 Å². The van der Waals surface area contributed by atoms with E-state index in [4.69, 9.17) is 9.47 Å². The van der Waals surface area contributed by atoms with E-state index < -0.39 is 42.4 Å². The molecule has 45 heavy (non-hydrogen) atoms. The molecule has 3 aliphatic rings. The molecule has 2 aromatic heterocycles. The minimum atomic E-state index is -2.74. The number of aryl methyl sites for hydroxylation is 1. The SMILES string of the molecule is CCc1c(F)ccc2cc(O)cc(-c3nc4c5c(nc(OC[C@@]67CCCN6C[C@H](F)C7)nc5c3F)N(CC(F)F)[C@@H](C)CO4)c12. The second kappa shape index (κ2) is 11.1. The van der Waals surface area contributed by atoms with E-state index in [1.807, 2.05) is 4.90 Å². The van der Waals surface area contributed by atoms with Gasteiger partial charge in [-0.3, -0.25) is 4.90 Å². The van der Waals surface area contributed by atoms with Crippen molar-refractivity contribution in [3.8, 4) is 28.9 Å². The zero-order valence-electron chi connectivity index (χ0n) is 24.8. The van der Waals surface area contributed by atoms with Gasteiger partial charge in [-0.15, -0.1) is 0 Å². The molecule has 0 unspecified atom stereocenters. The molecule has 0 radical (unpaired) electrons. The lowest BCUT2D eigenvalue weighted by molar-refractivity contribution is 0.107. The molecule has 7 rings (SSSR count). The summed E-state index contributed by atoms with van der Waals surface area (Å²) >= 11 is 0. The average Bonchev–Trinajstić information content (AvgIpc) is 3.49. The molecule has 0 amide bonds. The van der Waals surface area contributed by atoms with E-state index in [1.54, 1.807) is 13.8 Å². The molecule has 4 aromatic rings. The summed E-state index contributed by atoms with van der Waals surface area (Å²) in [5, 5.41) is 11.4. The third-order valence-electron chi connectivity index (χ3n) is 9.30. The van der Waals surface area contributed by atoms with Crippen LogP contribution < -0.4 is 14.4 Å². The second-order valence-electron chi connectivity index (χ2n) is 12.2. The van der Waals surface area contributed by atoms with Crippen molar-refractivity contribution in [3.63, 3.8) is 0 Å². The van der Waals surface area contributed by atoms with Crippen LogP contribution in [0.1, 0.15) is 38.7 Å². The largest absolute Gasteiger partial charge is 0.508 e. The van der Waals surface area contributed by atoms with E-state index in [9.17, 15) is 22.7 Å². The number of fused-ring (bicyclic) bond motifs is 2. The molecule has 3 aliphatic heterocycles. The first kappa shape index (κ1) is 29.7. The maximum absolute atomic E-state index is 16.8. The Labute approximate surface area is 255 Å². The maximum atomic E-state index is 16.8. The molecular weight excluding hydrogens is 597 g/mol. The summed E-state index contributed by atoms with van der Waals surface area (Å²) in [6.45, 7) is 3.73. The molecule has 0 saturated carbocycles. The van der Waals surface area contributed by atoms with Crippen LogP contribution in [0, 0.1) is 11.6 Å². The number of halogens is 5. The molecule has 0 aliphatic carbocycles. The normalized spacial score (nSPS) is 23.2. The third kappa shape index (κ3) is 4.95. The highest BCUT2D eigenvalue weighted by atomic mass is 19.3. The quantitative estimate of drug-likeness (QED) is 0.242. The van der Waals surface area contributed by atoms with Gasteiger partial charge >= 0.3 is 6.01 Å². The van der Waals surface area contributed by atoms with Crippen LogP contribution in [0.5, 0.6) is 17.6 Å². The highest BCUT2D eigenvalue weighted by Crippen LogP contribution is 2.44. The Morgan fingerprint density at radius 3 is 2.76 bits per heavy atom. The van der Waals surface area contributed by atoms with E-state index in [-0.39, 0.29) is 71.7 Å². The van der Waals surface area contributed by atoms with Crippen molar-refractivity contribution >= 4 is 27.5 Å². The Bertz CT molecular complexity index is 1810. The first-order valence-corrected chi connectivity index (χ1v) is 15.1. The van der Waals surface area contributed by atoms with Gasteiger partial charge in [0.15, 0.2) is 5.82 Å². The molecule has 238 valence electrons. The van der Waals surface area contributed by atoms with Gasteiger partial charge < -0.3 is 19.5 Å². The van der Waals surface area contributed by atoms with Gasteiger partial charge in [0.2, 0.25) is 5.88 Å². The number of nitrogens with zero attached hydrogens (tertiary/aromatic N) is 5. The Kier molecular flexibility index (Phi) is 7.33. The lowest BCUT2D eigenvalue weighted by Gasteiger charge is -2.31. The summed E-state index contributed by atoms with van der Waals surface area (Å²) < 4.78 is 85.9.